The maximum Gasteiger partial charge on any atom is 0.251 e. The van der Waals surface area contributed by atoms with Crippen molar-refractivity contribution in [2.24, 2.45) is 5.73 Å². The van der Waals surface area contributed by atoms with Crippen molar-refractivity contribution in [3.8, 4) is 11.8 Å². The van der Waals surface area contributed by atoms with Crippen molar-refractivity contribution in [2.75, 3.05) is 6.54 Å². The predicted octanol–water partition coefficient (Wildman–Crippen LogP) is 1.22. The number of aryl methyl sites for hydroxylation is 1. The van der Waals surface area contributed by atoms with Crippen molar-refractivity contribution >= 4 is 5.91 Å². The first-order valence-corrected chi connectivity index (χ1v) is 6.18. The molecule has 0 saturated heterocycles. The molecule has 0 saturated carbocycles. The summed E-state index contributed by atoms with van der Waals surface area (Å²) in [4.78, 5) is 12.0. The van der Waals surface area contributed by atoms with E-state index in [2.05, 4.69) is 22.3 Å². The van der Waals surface area contributed by atoms with Crippen LogP contribution in [0.2, 0.25) is 0 Å². The minimum Gasteiger partial charge on any atom is -0.359 e. The van der Waals surface area contributed by atoms with Crippen molar-refractivity contribution in [2.45, 2.75) is 13.5 Å². The molecule has 1 amide bonds. The van der Waals surface area contributed by atoms with E-state index in [0.29, 0.717) is 24.4 Å². The zero-order chi connectivity index (χ0) is 14.4. The summed E-state index contributed by atoms with van der Waals surface area (Å²) in [5.74, 6) is 6.08. The second-order valence-corrected chi connectivity index (χ2v) is 4.20. The number of carbonyl (C=O) groups excluding carboxylic acids is 1. The average molecular weight is 269 g/mol. The standard InChI is InChI=1S/C15H15N3O2/c1-11-8-14(20-18-11)10-17-15(19)13-6-2-4-12(9-13)5-3-7-16/h2,4,6,8-9H,7,10,16H2,1H3,(H,17,19). The van der Waals surface area contributed by atoms with E-state index in [4.69, 9.17) is 10.3 Å². The van der Waals surface area contributed by atoms with Gasteiger partial charge in [-0.3, -0.25) is 4.79 Å². The van der Waals surface area contributed by atoms with Gasteiger partial charge in [0, 0.05) is 17.2 Å². The second kappa shape index (κ2) is 6.55. The quantitative estimate of drug-likeness (QED) is 0.821. The molecule has 0 atom stereocenters. The van der Waals surface area contributed by atoms with E-state index in [0.717, 1.165) is 11.3 Å². The molecule has 20 heavy (non-hydrogen) atoms. The average Bonchev–Trinajstić information content (AvgIpc) is 2.88. The fourth-order valence-corrected chi connectivity index (χ4v) is 1.66. The molecule has 5 heteroatoms. The highest BCUT2D eigenvalue weighted by Crippen LogP contribution is 2.06. The molecule has 0 aliphatic heterocycles. The Morgan fingerprint density at radius 3 is 3.00 bits per heavy atom. The van der Waals surface area contributed by atoms with Gasteiger partial charge >= 0.3 is 0 Å². The predicted molar refractivity (Wildman–Crippen MR) is 74.8 cm³/mol. The lowest BCUT2D eigenvalue weighted by atomic mass is 10.1. The van der Waals surface area contributed by atoms with Gasteiger partial charge in [0.2, 0.25) is 0 Å². The second-order valence-electron chi connectivity index (χ2n) is 4.20. The normalized spacial score (nSPS) is 9.70. The summed E-state index contributed by atoms with van der Waals surface area (Å²) >= 11 is 0. The zero-order valence-corrected chi connectivity index (χ0v) is 11.1. The van der Waals surface area contributed by atoms with E-state index in [1.54, 1.807) is 24.3 Å². The van der Waals surface area contributed by atoms with Gasteiger partial charge < -0.3 is 15.6 Å². The number of nitrogens with zero attached hydrogens (tertiary/aromatic N) is 1. The molecule has 1 aromatic heterocycles. The number of aromatic nitrogens is 1. The highest BCUT2D eigenvalue weighted by molar-refractivity contribution is 5.94. The highest BCUT2D eigenvalue weighted by Gasteiger charge is 2.07. The summed E-state index contributed by atoms with van der Waals surface area (Å²) in [6, 6.07) is 8.86. The molecule has 2 rings (SSSR count). The Bertz CT molecular complexity index is 665. The summed E-state index contributed by atoms with van der Waals surface area (Å²) in [6.07, 6.45) is 0. The number of benzene rings is 1. The van der Waals surface area contributed by atoms with Crippen LogP contribution in [0.3, 0.4) is 0 Å². The van der Waals surface area contributed by atoms with Crippen LogP contribution >= 0.6 is 0 Å². The van der Waals surface area contributed by atoms with Crippen molar-refractivity contribution < 1.29 is 9.32 Å². The molecular formula is C15H15N3O2. The van der Waals surface area contributed by atoms with Gasteiger partial charge in [0.1, 0.15) is 0 Å². The molecule has 102 valence electrons. The van der Waals surface area contributed by atoms with Crippen LogP contribution in [0.25, 0.3) is 0 Å². The molecule has 0 aliphatic rings. The summed E-state index contributed by atoms with van der Waals surface area (Å²) in [5.41, 5.74) is 7.41. The zero-order valence-electron chi connectivity index (χ0n) is 11.1. The van der Waals surface area contributed by atoms with E-state index in [1.165, 1.54) is 0 Å². The Kier molecular flexibility index (Phi) is 4.53. The molecule has 3 N–H and O–H groups in total. The van der Waals surface area contributed by atoms with Crippen LogP contribution in [0.5, 0.6) is 0 Å². The molecule has 0 radical (unpaired) electrons. The SMILES string of the molecule is Cc1cc(CNC(=O)c2cccc(C#CCN)c2)on1. The van der Waals surface area contributed by atoms with Crippen LogP contribution in [0.4, 0.5) is 0 Å². The van der Waals surface area contributed by atoms with Crippen LogP contribution in [-0.2, 0) is 6.54 Å². The van der Waals surface area contributed by atoms with E-state index in [1.807, 2.05) is 13.0 Å². The minimum atomic E-state index is -0.185. The summed E-state index contributed by atoms with van der Waals surface area (Å²) < 4.78 is 5.03. The number of hydrogen-bond donors (Lipinski definition) is 2. The van der Waals surface area contributed by atoms with Gasteiger partial charge in [-0.1, -0.05) is 23.1 Å². The Balaban J connectivity index is 2.01. The molecule has 1 aromatic carbocycles. The van der Waals surface area contributed by atoms with Gasteiger partial charge in [-0.15, -0.1) is 0 Å². The summed E-state index contributed by atoms with van der Waals surface area (Å²) in [7, 11) is 0. The van der Waals surface area contributed by atoms with Crippen LogP contribution in [-0.4, -0.2) is 17.6 Å². The Hall–Kier alpha value is -2.58. The van der Waals surface area contributed by atoms with Crippen molar-refractivity contribution in [3.63, 3.8) is 0 Å². The first kappa shape index (κ1) is 13.8. The first-order valence-electron chi connectivity index (χ1n) is 6.18. The molecule has 0 spiro atoms. The summed E-state index contributed by atoms with van der Waals surface area (Å²) in [6.45, 7) is 2.42. The van der Waals surface area contributed by atoms with Gasteiger partial charge in [0.05, 0.1) is 18.8 Å². The van der Waals surface area contributed by atoms with Crippen molar-refractivity contribution in [1.29, 1.82) is 0 Å². The monoisotopic (exact) mass is 269 g/mol. The lowest BCUT2D eigenvalue weighted by molar-refractivity contribution is 0.0947. The molecule has 2 aromatic rings. The van der Waals surface area contributed by atoms with Crippen LogP contribution < -0.4 is 11.1 Å². The number of hydrogen-bond acceptors (Lipinski definition) is 4. The Labute approximate surface area is 117 Å². The van der Waals surface area contributed by atoms with E-state index in [-0.39, 0.29) is 5.91 Å². The van der Waals surface area contributed by atoms with Crippen molar-refractivity contribution in [1.82, 2.24) is 10.5 Å². The Morgan fingerprint density at radius 2 is 2.30 bits per heavy atom. The largest absolute Gasteiger partial charge is 0.359 e. The topological polar surface area (TPSA) is 81.2 Å². The number of rotatable bonds is 3. The van der Waals surface area contributed by atoms with Crippen LogP contribution in [0, 0.1) is 18.8 Å². The van der Waals surface area contributed by atoms with Gasteiger partial charge in [0.25, 0.3) is 5.91 Å². The van der Waals surface area contributed by atoms with E-state index < -0.39 is 0 Å². The van der Waals surface area contributed by atoms with Gasteiger partial charge in [-0.05, 0) is 25.1 Å². The fraction of sp³-hybridized carbons (Fsp3) is 0.200. The van der Waals surface area contributed by atoms with Gasteiger partial charge in [-0.2, -0.15) is 0 Å². The van der Waals surface area contributed by atoms with E-state index >= 15 is 0 Å². The third kappa shape index (κ3) is 3.70. The number of nitrogens with two attached hydrogens (primary N) is 1. The van der Waals surface area contributed by atoms with Crippen molar-refractivity contribution in [3.05, 3.63) is 52.9 Å². The first-order chi connectivity index (χ1) is 9.69. The maximum absolute atomic E-state index is 12.0. The molecule has 1 heterocycles. The van der Waals surface area contributed by atoms with Crippen LogP contribution in [0.1, 0.15) is 27.4 Å². The lowest BCUT2D eigenvalue weighted by Gasteiger charge is -2.03. The minimum absolute atomic E-state index is 0.185. The highest BCUT2D eigenvalue weighted by atomic mass is 16.5. The third-order valence-electron chi connectivity index (χ3n) is 2.56. The molecule has 0 fully saturated rings. The molecule has 0 unspecified atom stereocenters. The molecule has 0 aliphatic carbocycles. The van der Waals surface area contributed by atoms with Crippen LogP contribution in [0.15, 0.2) is 34.9 Å². The fourth-order valence-electron chi connectivity index (χ4n) is 1.66. The molecule has 5 nitrogen and oxygen atoms in total. The number of nitrogens with one attached hydrogen (secondary N) is 1. The maximum atomic E-state index is 12.0. The number of amides is 1. The van der Waals surface area contributed by atoms with Gasteiger partial charge in [-0.25, -0.2) is 0 Å². The molecule has 0 bridgehead atoms. The van der Waals surface area contributed by atoms with E-state index in [9.17, 15) is 4.79 Å². The number of carbonyl (C=O) groups is 1. The van der Waals surface area contributed by atoms with Gasteiger partial charge in [0.15, 0.2) is 5.76 Å². The third-order valence-corrected chi connectivity index (χ3v) is 2.56. The smallest absolute Gasteiger partial charge is 0.251 e. The Morgan fingerprint density at radius 1 is 1.45 bits per heavy atom. The lowest BCUT2D eigenvalue weighted by Crippen LogP contribution is -2.22. The summed E-state index contributed by atoms with van der Waals surface area (Å²) in [5, 5.41) is 6.53. The molecular weight excluding hydrogens is 254 g/mol.